The highest BCUT2D eigenvalue weighted by Crippen LogP contribution is 2.11. The molecule has 0 bridgehead atoms. The maximum absolute atomic E-state index is 12.9. The van der Waals surface area contributed by atoms with Gasteiger partial charge in [0.2, 0.25) is 0 Å². The van der Waals surface area contributed by atoms with Crippen molar-refractivity contribution in [1.29, 1.82) is 0 Å². The van der Waals surface area contributed by atoms with Crippen LogP contribution in [0.25, 0.3) is 0 Å². The van der Waals surface area contributed by atoms with Crippen LogP contribution in [0.15, 0.2) is 18.2 Å². The molecular formula is C11H15BFNO4. The molecule has 0 unspecified atom stereocenters. The Labute approximate surface area is 105 Å². The van der Waals surface area contributed by atoms with E-state index < -0.39 is 24.6 Å². The molecule has 0 saturated heterocycles. The van der Waals surface area contributed by atoms with Gasteiger partial charge in [-0.15, -0.1) is 0 Å². The van der Waals surface area contributed by atoms with Crippen molar-refractivity contribution in [2.45, 2.75) is 26.4 Å². The van der Waals surface area contributed by atoms with Crippen molar-refractivity contribution in [2.75, 3.05) is 5.32 Å². The maximum atomic E-state index is 12.9. The molecule has 5 nitrogen and oxygen atoms in total. The molecule has 3 N–H and O–H groups in total. The normalized spacial score (nSPS) is 11.0. The number of carbonyl (C=O) groups excluding carboxylic acids is 1. The van der Waals surface area contributed by atoms with E-state index in [-0.39, 0.29) is 11.2 Å². The van der Waals surface area contributed by atoms with Gasteiger partial charge in [0.05, 0.1) is 0 Å². The molecule has 0 heterocycles. The molecule has 0 atom stereocenters. The number of ether oxygens (including phenoxy) is 1. The van der Waals surface area contributed by atoms with Crippen molar-refractivity contribution in [1.82, 2.24) is 0 Å². The lowest BCUT2D eigenvalue weighted by Crippen LogP contribution is -2.35. The molecule has 0 aliphatic heterocycles. The third-order valence-electron chi connectivity index (χ3n) is 1.93. The Morgan fingerprint density at radius 3 is 2.50 bits per heavy atom. The number of hydrogen-bond acceptors (Lipinski definition) is 4. The van der Waals surface area contributed by atoms with Gasteiger partial charge in [-0.25, -0.2) is 9.18 Å². The van der Waals surface area contributed by atoms with Crippen LogP contribution in [-0.4, -0.2) is 28.9 Å². The van der Waals surface area contributed by atoms with Gasteiger partial charge in [-0.3, -0.25) is 5.32 Å². The van der Waals surface area contributed by atoms with E-state index in [9.17, 15) is 9.18 Å². The lowest BCUT2D eigenvalue weighted by molar-refractivity contribution is 0.0636. The van der Waals surface area contributed by atoms with E-state index in [1.54, 1.807) is 20.8 Å². The molecule has 0 fully saturated rings. The SMILES string of the molecule is CC(C)(C)OC(=O)Nc1ccc(F)cc1B(O)O. The standard InChI is InChI=1S/C11H15BFNO4/c1-11(2,3)18-10(15)14-9-5-4-7(13)6-8(9)12(16)17/h4-6,16-17H,1-3H3,(H,14,15). The van der Waals surface area contributed by atoms with Crippen LogP contribution in [0.5, 0.6) is 0 Å². The van der Waals surface area contributed by atoms with Crippen molar-refractivity contribution < 1.29 is 24.0 Å². The zero-order valence-electron chi connectivity index (χ0n) is 10.4. The van der Waals surface area contributed by atoms with Crippen molar-refractivity contribution in [3.8, 4) is 0 Å². The molecule has 1 aromatic carbocycles. The Bertz CT molecular complexity index is 445. The summed E-state index contributed by atoms with van der Waals surface area (Å²) in [7, 11) is -1.88. The van der Waals surface area contributed by atoms with E-state index in [2.05, 4.69) is 5.32 Å². The summed E-state index contributed by atoms with van der Waals surface area (Å²) in [6.07, 6.45) is -0.754. The molecule has 0 aromatic heterocycles. The Morgan fingerprint density at radius 2 is 2.00 bits per heavy atom. The summed E-state index contributed by atoms with van der Waals surface area (Å²) in [6.45, 7) is 5.08. The minimum absolute atomic E-state index is 0.0839. The number of benzene rings is 1. The van der Waals surface area contributed by atoms with Gasteiger partial charge in [-0.05, 0) is 39.0 Å². The fourth-order valence-electron chi connectivity index (χ4n) is 1.27. The summed E-state index contributed by atoms with van der Waals surface area (Å²) >= 11 is 0. The summed E-state index contributed by atoms with van der Waals surface area (Å²) in [5.74, 6) is -0.632. The predicted octanol–water partition coefficient (Wildman–Crippen LogP) is 0.852. The summed E-state index contributed by atoms with van der Waals surface area (Å²) in [6, 6.07) is 3.25. The average molecular weight is 255 g/mol. The Morgan fingerprint density at radius 1 is 1.39 bits per heavy atom. The number of rotatable bonds is 2. The lowest BCUT2D eigenvalue weighted by atomic mass is 9.79. The first-order chi connectivity index (χ1) is 8.19. The molecule has 0 saturated carbocycles. The monoisotopic (exact) mass is 255 g/mol. The van der Waals surface area contributed by atoms with Crippen LogP contribution in [0.2, 0.25) is 0 Å². The zero-order chi connectivity index (χ0) is 13.9. The Hall–Kier alpha value is -1.60. The van der Waals surface area contributed by atoms with Gasteiger partial charge in [-0.1, -0.05) is 0 Å². The summed E-state index contributed by atoms with van der Waals surface area (Å²) in [5.41, 5.74) is -0.733. The van der Waals surface area contributed by atoms with Gasteiger partial charge in [0.25, 0.3) is 0 Å². The minimum atomic E-state index is -1.88. The molecule has 0 spiro atoms. The zero-order valence-corrected chi connectivity index (χ0v) is 10.4. The van der Waals surface area contributed by atoms with Crippen molar-refractivity contribution in [3.05, 3.63) is 24.0 Å². The summed E-state index contributed by atoms with van der Waals surface area (Å²) < 4.78 is 17.9. The molecule has 1 rings (SSSR count). The third-order valence-corrected chi connectivity index (χ3v) is 1.93. The lowest BCUT2D eigenvalue weighted by Gasteiger charge is -2.20. The molecule has 0 radical (unpaired) electrons. The molecule has 1 aromatic rings. The first-order valence-electron chi connectivity index (χ1n) is 5.34. The van der Waals surface area contributed by atoms with Gasteiger partial charge in [0.1, 0.15) is 11.4 Å². The van der Waals surface area contributed by atoms with Crippen LogP contribution < -0.4 is 10.8 Å². The Balaban J connectivity index is 2.88. The van der Waals surface area contributed by atoms with Crippen LogP contribution >= 0.6 is 0 Å². The topological polar surface area (TPSA) is 78.8 Å². The van der Waals surface area contributed by atoms with Gasteiger partial charge in [0.15, 0.2) is 0 Å². The van der Waals surface area contributed by atoms with Crippen molar-refractivity contribution in [3.63, 3.8) is 0 Å². The number of halogens is 1. The van der Waals surface area contributed by atoms with Crippen LogP contribution in [0.4, 0.5) is 14.9 Å². The van der Waals surface area contributed by atoms with Crippen LogP contribution in [-0.2, 0) is 4.74 Å². The van der Waals surface area contributed by atoms with Crippen molar-refractivity contribution in [2.24, 2.45) is 0 Å². The first-order valence-corrected chi connectivity index (χ1v) is 5.34. The van der Waals surface area contributed by atoms with Gasteiger partial charge < -0.3 is 14.8 Å². The Kier molecular flexibility index (Phi) is 4.31. The highest BCUT2D eigenvalue weighted by atomic mass is 19.1. The second-order valence-corrected chi connectivity index (χ2v) is 4.73. The number of nitrogens with one attached hydrogen (secondary N) is 1. The van der Waals surface area contributed by atoms with Gasteiger partial charge >= 0.3 is 13.2 Å². The fraction of sp³-hybridized carbons (Fsp3) is 0.364. The molecule has 1 amide bonds. The third kappa shape index (κ3) is 4.35. The molecule has 98 valence electrons. The van der Waals surface area contributed by atoms with E-state index in [1.165, 1.54) is 6.07 Å². The van der Waals surface area contributed by atoms with Crippen LogP contribution in [0.1, 0.15) is 20.8 Å². The smallest absolute Gasteiger partial charge is 0.444 e. The summed E-state index contributed by atoms with van der Waals surface area (Å²) in [5, 5.41) is 20.5. The maximum Gasteiger partial charge on any atom is 0.490 e. The molecule has 18 heavy (non-hydrogen) atoms. The van der Waals surface area contributed by atoms with E-state index in [4.69, 9.17) is 14.8 Å². The number of carbonyl (C=O) groups is 1. The minimum Gasteiger partial charge on any atom is -0.444 e. The highest BCUT2D eigenvalue weighted by molar-refractivity contribution is 6.60. The second-order valence-electron chi connectivity index (χ2n) is 4.73. The van der Waals surface area contributed by atoms with E-state index in [1.807, 2.05) is 0 Å². The molecule has 0 aliphatic carbocycles. The van der Waals surface area contributed by atoms with E-state index in [0.717, 1.165) is 12.1 Å². The fourth-order valence-corrected chi connectivity index (χ4v) is 1.27. The van der Waals surface area contributed by atoms with Crippen molar-refractivity contribution >= 4 is 24.4 Å². The highest BCUT2D eigenvalue weighted by Gasteiger charge is 2.21. The predicted molar refractivity (Wildman–Crippen MR) is 66.1 cm³/mol. The van der Waals surface area contributed by atoms with Gasteiger partial charge in [-0.2, -0.15) is 0 Å². The van der Waals surface area contributed by atoms with Crippen LogP contribution in [0.3, 0.4) is 0 Å². The van der Waals surface area contributed by atoms with Gasteiger partial charge in [0, 0.05) is 11.2 Å². The average Bonchev–Trinajstić information content (AvgIpc) is 2.17. The number of anilines is 1. The number of hydrogen-bond donors (Lipinski definition) is 3. The van der Waals surface area contributed by atoms with E-state index in [0.29, 0.717) is 0 Å². The largest absolute Gasteiger partial charge is 0.490 e. The molecular weight excluding hydrogens is 240 g/mol. The van der Waals surface area contributed by atoms with E-state index >= 15 is 0 Å². The van der Waals surface area contributed by atoms with Crippen LogP contribution in [0, 0.1) is 5.82 Å². The quantitative estimate of drug-likeness (QED) is 0.684. The first kappa shape index (κ1) is 14.5. The second kappa shape index (κ2) is 5.37. The molecule has 0 aliphatic rings. The number of amides is 1. The molecule has 7 heteroatoms. The summed E-state index contributed by atoms with van der Waals surface area (Å²) in [4.78, 5) is 11.5.